The molecule has 0 aliphatic rings. The molecule has 0 aliphatic carbocycles. The van der Waals surface area contributed by atoms with Crippen LogP contribution < -0.4 is 4.74 Å². The number of ketones is 1. The van der Waals surface area contributed by atoms with Crippen LogP contribution in [0.25, 0.3) is 11.1 Å². The lowest BCUT2D eigenvalue weighted by Gasteiger charge is -2.05. The molecule has 0 N–H and O–H groups in total. The lowest BCUT2D eigenvalue weighted by molar-refractivity contribution is -0.134. The lowest BCUT2D eigenvalue weighted by Crippen LogP contribution is -2.10. The summed E-state index contributed by atoms with van der Waals surface area (Å²) in [4.78, 5) is 24.1. The van der Waals surface area contributed by atoms with E-state index >= 15 is 0 Å². The molecule has 3 rings (SSSR count). The molecule has 0 radical (unpaired) electrons. The highest BCUT2D eigenvalue weighted by Crippen LogP contribution is 2.20. The molecule has 0 spiro atoms. The first-order valence-corrected chi connectivity index (χ1v) is 8.17. The molecule has 0 fully saturated rings. The molecule has 3 heteroatoms. The highest BCUT2D eigenvalue weighted by atomic mass is 16.5. The van der Waals surface area contributed by atoms with Crippen molar-refractivity contribution < 1.29 is 14.3 Å². The van der Waals surface area contributed by atoms with Gasteiger partial charge in [-0.1, -0.05) is 72.8 Å². The van der Waals surface area contributed by atoms with Crippen molar-refractivity contribution in [2.75, 3.05) is 0 Å². The van der Waals surface area contributed by atoms with Crippen molar-refractivity contribution in [2.24, 2.45) is 0 Å². The molecule has 0 bridgehead atoms. The summed E-state index contributed by atoms with van der Waals surface area (Å²) in [5.74, 6) is 0.0252. The third-order valence-corrected chi connectivity index (χ3v) is 3.85. The number of carbonyl (C=O) groups is 2. The van der Waals surface area contributed by atoms with Gasteiger partial charge >= 0.3 is 5.97 Å². The van der Waals surface area contributed by atoms with Gasteiger partial charge in [0.05, 0.1) is 6.42 Å². The predicted molar refractivity (Wildman–Crippen MR) is 97.5 cm³/mol. The van der Waals surface area contributed by atoms with Crippen molar-refractivity contribution in [3.63, 3.8) is 0 Å². The normalized spacial score (nSPS) is 10.2. The largest absolute Gasteiger partial charge is 0.427 e. The zero-order valence-corrected chi connectivity index (χ0v) is 13.7. The monoisotopic (exact) mass is 330 g/mol. The summed E-state index contributed by atoms with van der Waals surface area (Å²) in [5, 5.41) is 0. The minimum atomic E-state index is -0.402. The second-order valence-corrected chi connectivity index (χ2v) is 5.65. The maximum atomic E-state index is 12.2. The summed E-state index contributed by atoms with van der Waals surface area (Å²) in [7, 11) is 0. The molecular formula is C22H18O3. The molecule has 0 unspecified atom stereocenters. The van der Waals surface area contributed by atoms with E-state index in [0.29, 0.717) is 11.3 Å². The number of hydrogen-bond donors (Lipinski definition) is 0. The number of carbonyl (C=O) groups excluding carboxylic acids is 2. The Labute approximate surface area is 146 Å². The average molecular weight is 330 g/mol. The van der Waals surface area contributed by atoms with Crippen LogP contribution in [0, 0.1) is 0 Å². The van der Waals surface area contributed by atoms with Gasteiger partial charge in [-0.15, -0.1) is 0 Å². The van der Waals surface area contributed by atoms with Crippen molar-refractivity contribution in [2.45, 2.75) is 12.8 Å². The van der Waals surface area contributed by atoms with E-state index < -0.39 is 5.97 Å². The van der Waals surface area contributed by atoms with Crippen LogP contribution in [-0.4, -0.2) is 11.8 Å². The van der Waals surface area contributed by atoms with Crippen molar-refractivity contribution in [3.05, 3.63) is 90.5 Å². The molecule has 25 heavy (non-hydrogen) atoms. The van der Waals surface area contributed by atoms with E-state index in [2.05, 4.69) is 0 Å². The Morgan fingerprint density at radius 3 is 1.84 bits per heavy atom. The second kappa shape index (κ2) is 8.06. The molecule has 3 aromatic rings. The SMILES string of the molecule is O=C(CCC(=O)c1ccc(-c2ccccc2)cc1)Oc1ccccc1. The van der Waals surface area contributed by atoms with Crippen LogP contribution in [0.3, 0.4) is 0 Å². The average Bonchev–Trinajstić information content (AvgIpc) is 2.68. The van der Waals surface area contributed by atoms with E-state index in [9.17, 15) is 9.59 Å². The number of para-hydroxylation sites is 1. The van der Waals surface area contributed by atoms with Crippen molar-refractivity contribution >= 4 is 11.8 Å². The first-order chi connectivity index (χ1) is 12.2. The highest BCUT2D eigenvalue weighted by Gasteiger charge is 2.11. The highest BCUT2D eigenvalue weighted by molar-refractivity contribution is 5.98. The second-order valence-electron chi connectivity index (χ2n) is 5.65. The smallest absolute Gasteiger partial charge is 0.311 e. The molecule has 0 amide bonds. The minimum absolute atomic E-state index is 0.0637. The third kappa shape index (κ3) is 4.64. The van der Waals surface area contributed by atoms with Crippen LogP contribution >= 0.6 is 0 Å². The zero-order valence-electron chi connectivity index (χ0n) is 13.7. The molecule has 0 aliphatic heterocycles. The molecule has 0 saturated carbocycles. The van der Waals surface area contributed by atoms with Gasteiger partial charge in [0.2, 0.25) is 0 Å². The van der Waals surface area contributed by atoms with Crippen molar-refractivity contribution in [1.82, 2.24) is 0 Å². The Morgan fingerprint density at radius 1 is 0.640 bits per heavy atom. The van der Waals surface area contributed by atoms with E-state index in [1.807, 2.05) is 48.5 Å². The van der Waals surface area contributed by atoms with E-state index in [-0.39, 0.29) is 18.6 Å². The summed E-state index contributed by atoms with van der Waals surface area (Å²) in [6.45, 7) is 0. The molecule has 124 valence electrons. The zero-order chi connectivity index (χ0) is 17.5. The van der Waals surface area contributed by atoms with E-state index in [0.717, 1.165) is 11.1 Å². The van der Waals surface area contributed by atoms with Crippen LogP contribution in [0.1, 0.15) is 23.2 Å². The number of rotatable bonds is 6. The van der Waals surface area contributed by atoms with E-state index in [1.54, 1.807) is 36.4 Å². The van der Waals surface area contributed by atoms with Gasteiger partial charge in [-0.25, -0.2) is 0 Å². The van der Waals surface area contributed by atoms with Crippen LogP contribution in [0.15, 0.2) is 84.9 Å². The maximum absolute atomic E-state index is 12.2. The van der Waals surface area contributed by atoms with Crippen LogP contribution in [0.5, 0.6) is 5.75 Å². The van der Waals surface area contributed by atoms with Gasteiger partial charge in [0.1, 0.15) is 5.75 Å². The lowest BCUT2D eigenvalue weighted by atomic mass is 10.0. The van der Waals surface area contributed by atoms with Gasteiger partial charge in [-0.2, -0.15) is 0 Å². The van der Waals surface area contributed by atoms with Crippen LogP contribution in [0.2, 0.25) is 0 Å². The Hall–Kier alpha value is -3.20. The quantitative estimate of drug-likeness (QED) is 0.366. The fourth-order valence-electron chi connectivity index (χ4n) is 2.51. The van der Waals surface area contributed by atoms with Crippen LogP contribution in [0.4, 0.5) is 0 Å². The first kappa shape index (κ1) is 16.7. The Balaban J connectivity index is 1.55. The summed E-state index contributed by atoms with van der Waals surface area (Å²) in [6.07, 6.45) is 0.199. The molecule has 0 atom stereocenters. The molecular weight excluding hydrogens is 312 g/mol. The van der Waals surface area contributed by atoms with E-state index in [4.69, 9.17) is 4.74 Å². The van der Waals surface area contributed by atoms with Crippen LogP contribution in [-0.2, 0) is 4.79 Å². The van der Waals surface area contributed by atoms with Gasteiger partial charge in [0.25, 0.3) is 0 Å². The Bertz CT molecular complexity index is 837. The number of ether oxygens (including phenoxy) is 1. The summed E-state index contributed by atoms with van der Waals surface area (Å²) in [5.41, 5.74) is 2.76. The summed E-state index contributed by atoms with van der Waals surface area (Å²) < 4.78 is 5.19. The van der Waals surface area contributed by atoms with E-state index in [1.165, 1.54) is 0 Å². The number of Topliss-reactive ketones (excluding diaryl/α,β-unsaturated/α-hetero) is 1. The minimum Gasteiger partial charge on any atom is -0.427 e. The first-order valence-electron chi connectivity index (χ1n) is 8.17. The fraction of sp³-hybridized carbons (Fsp3) is 0.0909. The van der Waals surface area contributed by atoms with Gasteiger partial charge in [-0.3, -0.25) is 9.59 Å². The maximum Gasteiger partial charge on any atom is 0.311 e. The van der Waals surface area contributed by atoms with Crippen molar-refractivity contribution in [1.29, 1.82) is 0 Å². The van der Waals surface area contributed by atoms with Gasteiger partial charge in [0.15, 0.2) is 5.78 Å². The number of esters is 1. The van der Waals surface area contributed by atoms with Gasteiger partial charge in [-0.05, 0) is 23.3 Å². The predicted octanol–water partition coefficient (Wildman–Crippen LogP) is 4.92. The summed E-state index contributed by atoms with van der Waals surface area (Å²) in [6, 6.07) is 26.3. The molecule has 0 aromatic heterocycles. The summed E-state index contributed by atoms with van der Waals surface area (Å²) >= 11 is 0. The topological polar surface area (TPSA) is 43.4 Å². The number of hydrogen-bond acceptors (Lipinski definition) is 3. The van der Waals surface area contributed by atoms with Gasteiger partial charge in [0, 0.05) is 12.0 Å². The Morgan fingerprint density at radius 2 is 1.20 bits per heavy atom. The Kier molecular flexibility index (Phi) is 5.37. The van der Waals surface area contributed by atoms with Crippen molar-refractivity contribution in [3.8, 4) is 16.9 Å². The molecule has 3 aromatic carbocycles. The molecule has 0 heterocycles. The molecule has 3 nitrogen and oxygen atoms in total. The standard InChI is InChI=1S/C22H18O3/c23-21(15-16-22(24)25-20-9-5-2-6-10-20)19-13-11-18(12-14-19)17-7-3-1-4-8-17/h1-14H,15-16H2. The number of benzene rings is 3. The fourth-order valence-corrected chi connectivity index (χ4v) is 2.51. The third-order valence-electron chi connectivity index (χ3n) is 3.85. The van der Waals surface area contributed by atoms with Gasteiger partial charge < -0.3 is 4.74 Å². The molecule has 0 saturated heterocycles.